The van der Waals surface area contributed by atoms with Crippen LogP contribution in [0.3, 0.4) is 0 Å². The molecule has 0 aliphatic rings. The Hall–Kier alpha value is -2.02. The number of alkyl halides is 4. The predicted molar refractivity (Wildman–Crippen MR) is 101 cm³/mol. The maximum atomic E-state index is 13.6. The molecule has 0 radical (unpaired) electrons. The van der Waals surface area contributed by atoms with Gasteiger partial charge in [-0.1, -0.05) is 36.4 Å². The lowest BCUT2D eigenvalue weighted by atomic mass is 10.1. The summed E-state index contributed by atoms with van der Waals surface area (Å²) >= 11 is 0. The molecule has 0 fully saturated rings. The number of aliphatic hydroxyl groups is 2. The molecule has 2 aromatic rings. The van der Waals surface area contributed by atoms with Crippen LogP contribution in [0.25, 0.3) is 10.8 Å². The van der Waals surface area contributed by atoms with E-state index in [1.54, 1.807) is 12.1 Å². The molecule has 0 amide bonds. The molecule has 0 saturated heterocycles. The molecular weight excluding hydrogens is 428 g/mol. The average Bonchev–Trinajstić information content (AvgIpc) is 2.71. The van der Waals surface area contributed by atoms with Gasteiger partial charge in [0, 0.05) is 5.39 Å². The van der Waals surface area contributed by atoms with Gasteiger partial charge < -0.3 is 29.2 Å². The molecule has 0 heterocycles. The Morgan fingerprint density at radius 3 is 2.26 bits per heavy atom. The number of hydrogen-bond acceptors (Lipinski definition) is 7. The van der Waals surface area contributed by atoms with Crippen LogP contribution >= 0.6 is 0 Å². The van der Waals surface area contributed by atoms with Crippen LogP contribution in [0.4, 0.5) is 17.6 Å². The molecule has 2 rings (SSSR count). The fraction of sp³-hybridized carbons (Fsp3) is 0.500. The van der Waals surface area contributed by atoms with E-state index < -0.39 is 44.9 Å². The third-order valence-corrected chi connectivity index (χ3v) is 3.73. The van der Waals surface area contributed by atoms with Crippen molar-refractivity contribution in [2.75, 3.05) is 46.4 Å². The van der Waals surface area contributed by atoms with Gasteiger partial charge >= 0.3 is 12.2 Å². The fourth-order valence-corrected chi connectivity index (χ4v) is 2.49. The first-order valence-corrected chi connectivity index (χ1v) is 9.31. The van der Waals surface area contributed by atoms with Crippen molar-refractivity contribution in [2.24, 2.45) is 0 Å². The van der Waals surface area contributed by atoms with Crippen molar-refractivity contribution in [3.8, 4) is 5.75 Å². The Balaban J connectivity index is 1.70. The normalized spacial score (nSPS) is 13.5. The van der Waals surface area contributed by atoms with Crippen molar-refractivity contribution < 1.29 is 51.5 Å². The lowest BCUT2D eigenvalue weighted by Gasteiger charge is -2.24. The number of aliphatic hydroxyl groups excluding tert-OH is 2. The van der Waals surface area contributed by atoms with Crippen LogP contribution in [-0.2, 0) is 18.9 Å². The minimum absolute atomic E-state index is 0.150. The number of ether oxygens (including phenoxy) is 5. The number of halogens is 4. The number of benzene rings is 2. The quantitative estimate of drug-likeness (QED) is 0.244. The summed E-state index contributed by atoms with van der Waals surface area (Å²) in [5.41, 5.74) is 0. The van der Waals surface area contributed by atoms with E-state index in [0.717, 1.165) is 10.8 Å². The summed E-state index contributed by atoms with van der Waals surface area (Å²) in [7, 11) is 0. The molecule has 1 unspecified atom stereocenters. The second kappa shape index (κ2) is 12.1. The molecule has 0 aliphatic carbocycles. The Bertz CT molecular complexity index is 786. The van der Waals surface area contributed by atoms with E-state index in [2.05, 4.69) is 18.9 Å². The Kier molecular flexibility index (Phi) is 9.88. The van der Waals surface area contributed by atoms with E-state index in [9.17, 15) is 22.7 Å². The number of rotatable bonds is 15. The zero-order valence-corrected chi connectivity index (χ0v) is 16.5. The molecular formula is C20H24F4O7. The number of hydrogen-bond donors (Lipinski definition) is 2. The summed E-state index contributed by atoms with van der Waals surface area (Å²) in [5.74, 6) is 0.494. The first-order valence-electron chi connectivity index (χ1n) is 9.31. The molecule has 0 aliphatic heterocycles. The SMILES string of the molecule is OCCOCOCC(F)(F)OC(F)(F)COCC(O)COc1cccc2ccccc12. The van der Waals surface area contributed by atoms with Gasteiger partial charge in [-0.05, 0) is 11.5 Å². The molecule has 1 atom stereocenters. The number of fused-ring (bicyclic) bond motifs is 1. The van der Waals surface area contributed by atoms with E-state index in [1.165, 1.54) is 0 Å². The lowest BCUT2D eigenvalue weighted by Crippen LogP contribution is -2.40. The molecule has 0 saturated carbocycles. The summed E-state index contributed by atoms with van der Waals surface area (Å²) in [6.07, 6.45) is -9.90. The molecule has 2 aromatic carbocycles. The van der Waals surface area contributed by atoms with Crippen LogP contribution in [0.1, 0.15) is 0 Å². The van der Waals surface area contributed by atoms with Gasteiger partial charge in [0.2, 0.25) is 0 Å². The maximum absolute atomic E-state index is 13.6. The summed E-state index contributed by atoms with van der Waals surface area (Å²) in [6.45, 7) is -4.93. The fourth-order valence-electron chi connectivity index (χ4n) is 2.49. The Labute approximate surface area is 176 Å². The zero-order valence-electron chi connectivity index (χ0n) is 16.5. The summed E-state index contributed by atoms with van der Waals surface area (Å²) in [6, 6.07) is 12.7. The van der Waals surface area contributed by atoms with Gasteiger partial charge in [-0.3, -0.25) is 4.74 Å². The smallest absolute Gasteiger partial charge is 0.383 e. The third-order valence-electron chi connectivity index (χ3n) is 3.73. The van der Waals surface area contributed by atoms with E-state index >= 15 is 0 Å². The second-order valence-corrected chi connectivity index (χ2v) is 6.43. The minimum Gasteiger partial charge on any atom is -0.490 e. The highest BCUT2D eigenvalue weighted by molar-refractivity contribution is 5.88. The Morgan fingerprint density at radius 1 is 0.839 bits per heavy atom. The average molecular weight is 452 g/mol. The summed E-state index contributed by atoms with van der Waals surface area (Å²) in [4.78, 5) is 0. The highest BCUT2D eigenvalue weighted by atomic mass is 19.3. The second-order valence-electron chi connectivity index (χ2n) is 6.43. The third kappa shape index (κ3) is 9.33. The molecule has 2 N–H and O–H groups in total. The largest absolute Gasteiger partial charge is 0.490 e. The molecule has 0 bridgehead atoms. The van der Waals surface area contributed by atoms with Crippen molar-refractivity contribution in [1.82, 2.24) is 0 Å². The van der Waals surface area contributed by atoms with E-state index in [4.69, 9.17) is 9.84 Å². The molecule has 0 aromatic heterocycles. The summed E-state index contributed by atoms with van der Waals surface area (Å²) < 4.78 is 76.4. The first kappa shape index (κ1) is 25.2. The highest BCUT2D eigenvalue weighted by Crippen LogP contribution is 2.28. The van der Waals surface area contributed by atoms with Crippen LogP contribution in [0, 0.1) is 0 Å². The molecule has 7 nitrogen and oxygen atoms in total. The van der Waals surface area contributed by atoms with Gasteiger partial charge in [-0.25, -0.2) is 0 Å². The topological polar surface area (TPSA) is 86.6 Å². The molecule has 31 heavy (non-hydrogen) atoms. The highest BCUT2D eigenvalue weighted by Gasteiger charge is 2.44. The van der Waals surface area contributed by atoms with Crippen LogP contribution in [0.15, 0.2) is 42.5 Å². The predicted octanol–water partition coefficient (Wildman–Crippen LogP) is 2.78. The standard InChI is InChI=1S/C20H24F4O7/c21-19(22,31-20(23,24)13-29-14-27-9-8-25)12-28-10-16(26)11-30-18-7-3-5-15-4-1-2-6-17(15)18/h1-7,16,25-26H,8-14H2. The van der Waals surface area contributed by atoms with Crippen molar-refractivity contribution in [3.63, 3.8) is 0 Å². The first-order chi connectivity index (χ1) is 14.7. The van der Waals surface area contributed by atoms with E-state index in [-0.39, 0.29) is 19.8 Å². The van der Waals surface area contributed by atoms with Crippen LogP contribution < -0.4 is 4.74 Å². The van der Waals surface area contributed by atoms with Crippen LogP contribution in [-0.4, -0.2) is 75.0 Å². The van der Waals surface area contributed by atoms with Crippen molar-refractivity contribution in [3.05, 3.63) is 42.5 Å². The van der Waals surface area contributed by atoms with Crippen molar-refractivity contribution in [2.45, 2.75) is 18.3 Å². The van der Waals surface area contributed by atoms with Gasteiger partial charge in [-0.2, -0.15) is 17.6 Å². The monoisotopic (exact) mass is 452 g/mol. The van der Waals surface area contributed by atoms with Crippen LogP contribution in [0.2, 0.25) is 0 Å². The van der Waals surface area contributed by atoms with Crippen LogP contribution in [0.5, 0.6) is 5.75 Å². The lowest BCUT2D eigenvalue weighted by molar-refractivity contribution is -0.396. The van der Waals surface area contributed by atoms with Gasteiger partial charge in [0.05, 0.1) is 19.8 Å². The Morgan fingerprint density at radius 2 is 1.52 bits per heavy atom. The van der Waals surface area contributed by atoms with E-state index in [0.29, 0.717) is 5.75 Å². The van der Waals surface area contributed by atoms with Gasteiger partial charge in [0.15, 0.2) is 0 Å². The maximum Gasteiger partial charge on any atom is 0.383 e. The molecule has 174 valence electrons. The van der Waals surface area contributed by atoms with Gasteiger partial charge in [0.25, 0.3) is 0 Å². The molecule has 11 heteroatoms. The minimum atomic E-state index is -4.32. The summed E-state index contributed by atoms with van der Waals surface area (Å²) in [5, 5.41) is 20.0. The van der Waals surface area contributed by atoms with Gasteiger partial charge in [0.1, 0.15) is 38.5 Å². The molecule has 0 spiro atoms. The van der Waals surface area contributed by atoms with Crippen molar-refractivity contribution in [1.29, 1.82) is 0 Å². The van der Waals surface area contributed by atoms with Gasteiger partial charge in [-0.15, -0.1) is 0 Å². The zero-order chi connectivity index (χ0) is 22.7. The van der Waals surface area contributed by atoms with Crippen molar-refractivity contribution >= 4 is 10.8 Å². The van der Waals surface area contributed by atoms with E-state index in [1.807, 2.05) is 30.3 Å².